The smallest absolute Gasteiger partial charge is 0.279 e. The lowest BCUT2D eigenvalue weighted by molar-refractivity contribution is 0.0328. The average molecular weight is 413 g/mol. The summed E-state index contributed by atoms with van der Waals surface area (Å²) in [5.41, 5.74) is -0.533. The van der Waals surface area contributed by atoms with Crippen LogP contribution in [0.2, 0.25) is 0 Å². The summed E-state index contributed by atoms with van der Waals surface area (Å²) in [4.78, 5) is 22.0. The van der Waals surface area contributed by atoms with E-state index in [0.717, 1.165) is 12.8 Å². The first-order chi connectivity index (χ1) is 14.5. The second-order valence-electron chi connectivity index (χ2n) is 7.53. The van der Waals surface area contributed by atoms with Gasteiger partial charge < -0.3 is 18.9 Å². The molecule has 1 fully saturated rings. The fraction of sp³-hybridized carbons (Fsp3) is 0.400. The van der Waals surface area contributed by atoms with Crippen molar-refractivity contribution < 1.29 is 18.8 Å². The Labute approximate surface area is 169 Å². The third-order valence-electron chi connectivity index (χ3n) is 5.70. The number of rotatable bonds is 5. The van der Waals surface area contributed by atoms with Crippen molar-refractivity contribution in [3.05, 3.63) is 46.5 Å². The SMILES string of the molecule is COCCn1c(=O)c2c(-c3nc(C4(O)CCCC4)no3)ncn2c2cccc(F)c21. The lowest BCUT2D eigenvalue weighted by Crippen LogP contribution is -2.25. The summed E-state index contributed by atoms with van der Waals surface area (Å²) >= 11 is 0. The van der Waals surface area contributed by atoms with Crippen molar-refractivity contribution in [2.75, 3.05) is 13.7 Å². The van der Waals surface area contributed by atoms with E-state index in [0.29, 0.717) is 18.4 Å². The van der Waals surface area contributed by atoms with Crippen molar-refractivity contribution in [1.29, 1.82) is 0 Å². The zero-order valence-electron chi connectivity index (χ0n) is 16.3. The molecule has 30 heavy (non-hydrogen) atoms. The molecule has 1 aliphatic rings. The molecule has 9 nitrogen and oxygen atoms in total. The highest BCUT2D eigenvalue weighted by Crippen LogP contribution is 2.37. The van der Waals surface area contributed by atoms with Gasteiger partial charge in [-0.2, -0.15) is 4.98 Å². The molecule has 0 bridgehead atoms. The van der Waals surface area contributed by atoms with Gasteiger partial charge in [-0.3, -0.25) is 9.20 Å². The van der Waals surface area contributed by atoms with Crippen LogP contribution >= 0.6 is 0 Å². The number of methoxy groups -OCH3 is 1. The Morgan fingerprint density at radius 1 is 1.30 bits per heavy atom. The standard InChI is InChI=1S/C20H20FN5O4/c1-29-10-9-25-15-12(21)5-4-6-13(15)26-11-22-14(16(26)18(25)27)17-23-19(24-30-17)20(28)7-2-3-8-20/h4-6,11,28H,2-3,7-10H2,1H3. The molecule has 3 heterocycles. The minimum Gasteiger partial charge on any atom is -0.383 e. The van der Waals surface area contributed by atoms with Crippen molar-refractivity contribution >= 4 is 16.6 Å². The number of hydrogen-bond acceptors (Lipinski definition) is 7. The molecule has 0 spiro atoms. The molecule has 156 valence electrons. The highest BCUT2D eigenvalue weighted by atomic mass is 19.1. The van der Waals surface area contributed by atoms with Crippen LogP contribution in [0.1, 0.15) is 31.5 Å². The molecule has 0 radical (unpaired) electrons. The second kappa shape index (κ2) is 6.99. The molecule has 4 aromatic rings. The maximum Gasteiger partial charge on any atom is 0.279 e. The molecule has 0 aliphatic heterocycles. The van der Waals surface area contributed by atoms with Gasteiger partial charge in [-0.25, -0.2) is 9.37 Å². The highest BCUT2D eigenvalue weighted by molar-refractivity contribution is 5.83. The average Bonchev–Trinajstić information content (AvgIpc) is 3.47. The van der Waals surface area contributed by atoms with Crippen LogP contribution in [-0.2, 0) is 16.9 Å². The van der Waals surface area contributed by atoms with Crippen LogP contribution < -0.4 is 5.56 Å². The van der Waals surface area contributed by atoms with E-state index in [-0.39, 0.29) is 41.6 Å². The number of para-hydroxylation sites is 1. The van der Waals surface area contributed by atoms with E-state index in [9.17, 15) is 14.3 Å². The third-order valence-corrected chi connectivity index (χ3v) is 5.70. The van der Waals surface area contributed by atoms with Crippen LogP contribution in [-0.4, -0.2) is 42.9 Å². The van der Waals surface area contributed by atoms with Crippen molar-refractivity contribution in [3.8, 4) is 11.6 Å². The molecular formula is C20H20FN5O4. The summed E-state index contributed by atoms with van der Waals surface area (Å²) in [5, 5.41) is 14.7. The fourth-order valence-corrected chi connectivity index (χ4v) is 4.17. The fourth-order valence-electron chi connectivity index (χ4n) is 4.17. The van der Waals surface area contributed by atoms with Crippen molar-refractivity contribution in [2.45, 2.75) is 37.8 Å². The molecule has 1 saturated carbocycles. The second-order valence-corrected chi connectivity index (χ2v) is 7.53. The molecule has 1 aliphatic carbocycles. The first-order valence-electron chi connectivity index (χ1n) is 9.77. The summed E-state index contributed by atoms with van der Waals surface area (Å²) in [5.74, 6) is -0.275. The molecule has 0 amide bonds. The molecule has 0 atom stereocenters. The number of ether oxygens (including phenoxy) is 1. The van der Waals surface area contributed by atoms with E-state index in [1.165, 1.54) is 28.5 Å². The number of imidazole rings is 1. The van der Waals surface area contributed by atoms with Gasteiger partial charge >= 0.3 is 0 Å². The van der Waals surface area contributed by atoms with Gasteiger partial charge in [-0.15, -0.1) is 0 Å². The van der Waals surface area contributed by atoms with Gasteiger partial charge in [0, 0.05) is 13.7 Å². The van der Waals surface area contributed by atoms with Gasteiger partial charge in [-0.1, -0.05) is 11.2 Å². The van der Waals surface area contributed by atoms with Crippen molar-refractivity contribution in [2.24, 2.45) is 0 Å². The monoisotopic (exact) mass is 413 g/mol. The summed E-state index contributed by atoms with van der Waals surface area (Å²) in [6.45, 7) is 0.406. The van der Waals surface area contributed by atoms with Crippen LogP contribution in [0.15, 0.2) is 33.8 Å². The van der Waals surface area contributed by atoms with E-state index >= 15 is 0 Å². The van der Waals surface area contributed by atoms with E-state index in [1.54, 1.807) is 12.1 Å². The van der Waals surface area contributed by atoms with Crippen LogP contribution in [0.4, 0.5) is 4.39 Å². The maximum absolute atomic E-state index is 14.6. The van der Waals surface area contributed by atoms with Crippen molar-refractivity contribution in [1.82, 2.24) is 24.1 Å². The summed E-state index contributed by atoms with van der Waals surface area (Å²) in [6.07, 6.45) is 4.32. The zero-order valence-corrected chi connectivity index (χ0v) is 16.3. The lowest BCUT2D eigenvalue weighted by Gasteiger charge is -2.16. The molecule has 0 unspecified atom stereocenters. The minimum atomic E-state index is -1.12. The molecule has 1 N–H and O–H groups in total. The Bertz CT molecular complexity index is 1300. The largest absolute Gasteiger partial charge is 0.383 e. The summed E-state index contributed by atoms with van der Waals surface area (Å²) < 4.78 is 27.9. The van der Waals surface area contributed by atoms with E-state index < -0.39 is 17.0 Å². The Morgan fingerprint density at radius 2 is 2.10 bits per heavy atom. The van der Waals surface area contributed by atoms with Crippen LogP contribution in [0, 0.1) is 5.82 Å². The maximum atomic E-state index is 14.6. The van der Waals surface area contributed by atoms with Crippen LogP contribution in [0.5, 0.6) is 0 Å². The minimum absolute atomic E-state index is 0.0407. The molecule has 5 rings (SSSR count). The third kappa shape index (κ3) is 2.75. The Balaban J connectivity index is 1.74. The van der Waals surface area contributed by atoms with E-state index in [4.69, 9.17) is 9.26 Å². The molecule has 3 aromatic heterocycles. The zero-order chi connectivity index (χ0) is 20.9. The highest BCUT2D eigenvalue weighted by Gasteiger charge is 2.38. The lowest BCUT2D eigenvalue weighted by atomic mass is 10.0. The number of benzene rings is 1. The van der Waals surface area contributed by atoms with Crippen LogP contribution in [0.25, 0.3) is 28.1 Å². The first kappa shape index (κ1) is 18.9. The Hall–Kier alpha value is -3.11. The topological polar surface area (TPSA) is 108 Å². The van der Waals surface area contributed by atoms with Gasteiger partial charge in [0.2, 0.25) is 5.82 Å². The molecular weight excluding hydrogens is 393 g/mol. The predicted molar refractivity (Wildman–Crippen MR) is 104 cm³/mol. The Kier molecular flexibility index (Phi) is 4.40. The number of hydrogen-bond donors (Lipinski definition) is 1. The van der Waals surface area contributed by atoms with Crippen LogP contribution in [0.3, 0.4) is 0 Å². The van der Waals surface area contributed by atoms with E-state index in [1.807, 2.05) is 0 Å². The number of nitrogens with zero attached hydrogens (tertiary/aromatic N) is 5. The van der Waals surface area contributed by atoms with Gasteiger partial charge in [0.25, 0.3) is 11.4 Å². The quantitative estimate of drug-likeness (QED) is 0.535. The molecule has 10 heteroatoms. The Morgan fingerprint density at radius 3 is 2.87 bits per heavy atom. The number of halogens is 1. The normalized spacial score (nSPS) is 16.1. The number of aromatic nitrogens is 5. The van der Waals surface area contributed by atoms with Crippen molar-refractivity contribution in [3.63, 3.8) is 0 Å². The molecule has 0 saturated heterocycles. The van der Waals surface area contributed by atoms with Gasteiger partial charge in [0.15, 0.2) is 5.69 Å². The predicted octanol–water partition coefficient (Wildman–Crippen LogP) is 2.25. The van der Waals surface area contributed by atoms with Gasteiger partial charge in [0.1, 0.15) is 28.8 Å². The van der Waals surface area contributed by atoms with E-state index in [2.05, 4.69) is 15.1 Å². The van der Waals surface area contributed by atoms with Gasteiger partial charge in [-0.05, 0) is 37.8 Å². The number of fused-ring (bicyclic) bond motifs is 3. The summed E-state index contributed by atoms with van der Waals surface area (Å²) in [6, 6.07) is 4.59. The number of aliphatic hydroxyl groups is 1. The first-order valence-corrected chi connectivity index (χ1v) is 9.77. The summed E-state index contributed by atoms with van der Waals surface area (Å²) in [7, 11) is 1.51. The van der Waals surface area contributed by atoms with Gasteiger partial charge in [0.05, 0.1) is 12.1 Å². The molecule has 1 aromatic carbocycles.